The number of aromatic nitrogens is 5. The van der Waals surface area contributed by atoms with Crippen LogP contribution in [0, 0.1) is 20.8 Å². The van der Waals surface area contributed by atoms with E-state index in [1.807, 2.05) is 51.3 Å². The lowest BCUT2D eigenvalue weighted by molar-refractivity contribution is -0.113. The molecule has 3 aromatic rings. The molecule has 30 heavy (non-hydrogen) atoms. The van der Waals surface area contributed by atoms with Gasteiger partial charge in [-0.15, -0.1) is 20.4 Å². The summed E-state index contributed by atoms with van der Waals surface area (Å²) in [5, 5.41) is 21.8. The Kier molecular flexibility index (Phi) is 7.32. The summed E-state index contributed by atoms with van der Waals surface area (Å²) in [6.45, 7) is 10.3. The average Bonchev–Trinajstić information content (AvgIpc) is 3.29. The van der Waals surface area contributed by atoms with Crippen LogP contribution >= 0.6 is 34.7 Å². The second-order valence-corrected chi connectivity index (χ2v) is 9.18. The zero-order chi connectivity index (χ0) is 21.8. The number of hydrogen-bond acceptors (Lipinski definition) is 8. The molecule has 2 aromatic heterocycles. The number of anilines is 1. The van der Waals surface area contributed by atoms with Crippen LogP contribution in [0.2, 0.25) is 5.02 Å². The first-order chi connectivity index (χ1) is 14.3. The summed E-state index contributed by atoms with van der Waals surface area (Å²) in [7, 11) is 0. The largest absolute Gasteiger partial charge is 0.483 e. The van der Waals surface area contributed by atoms with E-state index in [2.05, 4.69) is 25.7 Å². The van der Waals surface area contributed by atoms with Crippen molar-refractivity contribution in [2.45, 2.75) is 52.4 Å². The first-order valence-corrected chi connectivity index (χ1v) is 11.6. The highest BCUT2D eigenvalue weighted by atomic mass is 35.5. The van der Waals surface area contributed by atoms with E-state index < -0.39 is 0 Å². The first-order valence-electron chi connectivity index (χ1n) is 9.37. The maximum absolute atomic E-state index is 12.2. The fourth-order valence-corrected chi connectivity index (χ4v) is 4.39. The molecule has 8 nitrogen and oxygen atoms in total. The average molecular weight is 467 g/mol. The summed E-state index contributed by atoms with van der Waals surface area (Å²) in [6.07, 6.45) is -0.315. The van der Waals surface area contributed by atoms with Gasteiger partial charge in [-0.05, 0) is 57.9 Å². The van der Waals surface area contributed by atoms with Gasteiger partial charge in [-0.25, -0.2) is 0 Å². The number of nitrogens with zero attached hydrogens (tertiary/aromatic N) is 5. The summed E-state index contributed by atoms with van der Waals surface area (Å²) in [5.41, 5.74) is 1.92. The predicted octanol–water partition coefficient (Wildman–Crippen LogP) is 4.60. The zero-order valence-corrected chi connectivity index (χ0v) is 19.8. The molecule has 0 aliphatic heterocycles. The molecule has 0 aliphatic carbocycles. The first kappa shape index (κ1) is 22.5. The Hall–Kier alpha value is -2.17. The Bertz CT molecular complexity index is 1030. The van der Waals surface area contributed by atoms with E-state index in [1.54, 1.807) is 0 Å². The van der Waals surface area contributed by atoms with Crippen molar-refractivity contribution in [3.8, 4) is 5.75 Å². The minimum atomic E-state index is -0.315. The molecule has 11 heteroatoms. The van der Waals surface area contributed by atoms with Crippen molar-refractivity contribution in [3.05, 3.63) is 39.1 Å². The lowest BCUT2D eigenvalue weighted by Crippen LogP contribution is -2.15. The van der Waals surface area contributed by atoms with Crippen molar-refractivity contribution in [2.24, 2.45) is 0 Å². The summed E-state index contributed by atoms with van der Waals surface area (Å²) in [5.74, 6) is 1.46. The standard InChI is InChI=1S/C19H23ClN6O2S2/c1-6-26-17(12(4)28-14-7-10(2)16(20)11(3)8-14)23-25-19(26)29-9-15(27)21-18-24-22-13(5)30-18/h7-8,12H,6,9H2,1-5H3,(H,21,24,27). The van der Waals surface area contributed by atoms with Gasteiger partial charge in [-0.1, -0.05) is 34.7 Å². The molecule has 0 saturated carbocycles. The van der Waals surface area contributed by atoms with E-state index in [1.165, 1.54) is 23.1 Å². The van der Waals surface area contributed by atoms with Crippen LogP contribution < -0.4 is 10.1 Å². The van der Waals surface area contributed by atoms with E-state index in [-0.39, 0.29) is 17.8 Å². The molecular weight excluding hydrogens is 444 g/mol. The van der Waals surface area contributed by atoms with E-state index >= 15 is 0 Å². The molecule has 1 amide bonds. The van der Waals surface area contributed by atoms with Crippen LogP contribution in [0.4, 0.5) is 5.13 Å². The molecule has 2 heterocycles. The van der Waals surface area contributed by atoms with E-state index in [0.29, 0.717) is 22.7 Å². The monoisotopic (exact) mass is 466 g/mol. The van der Waals surface area contributed by atoms with Gasteiger partial charge in [0.25, 0.3) is 0 Å². The normalized spacial score (nSPS) is 12.1. The molecule has 0 aliphatic rings. The number of nitrogens with one attached hydrogen (secondary N) is 1. The Morgan fingerprint density at radius 3 is 2.53 bits per heavy atom. The smallest absolute Gasteiger partial charge is 0.236 e. The minimum absolute atomic E-state index is 0.167. The molecule has 1 N–H and O–H groups in total. The van der Waals surface area contributed by atoms with Crippen LogP contribution in [0.3, 0.4) is 0 Å². The number of carbonyl (C=O) groups excluding carboxylic acids is 1. The van der Waals surface area contributed by atoms with E-state index in [9.17, 15) is 4.79 Å². The molecule has 3 rings (SSSR count). The molecule has 0 spiro atoms. The number of rotatable bonds is 8. The number of benzene rings is 1. The summed E-state index contributed by atoms with van der Waals surface area (Å²) < 4.78 is 8.05. The third-order valence-electron chi connectivity index (χ3n) is 4.25. The van der Waals surface area contributed by atoms with Crippen molar-refractivity contribution in [3.63, 3.8) is 0 Å². The number of hydrogen-bond donors (Lipinski definition) is 1. The van der Waals surface area contributed by atoms with Gasteiger partial charge >= 0.3 is 0 Å². The fourth-order valence-electron chi connectivity index (χ4n) is 2.87. The van der Waals surface area contributed by atoms with Crippen LogP contribution in [0.25, 0.3) is 0 Å². The third-order valence-corrected chi connectivity index (χ3v) is 6.57. The van der Waals surface area contributed by atoms with E-state index in [4.69, 9.17) is 16.3 Å². The van der Waals surface area contributed by atoms with Gasteiger partial charge in [0.2, 0.25) is 11.0 Å². The minimum Gasteiger partial charge on any atom is -0.483 e. The summed E-state index contributed by atoms with van der Waals surface area (Å²) >= 11 is 8.90. The second-order valence-electron chi connectivity index (χ2n) is 6.68. The zero-order valence-electron chi connectivity index (χ0n) is 17.4. The predicted molar refractivity (Wildman–Crippen MR) is 120 cm³/mol. The Morgan fingerprint density at radius 2 is 1.93 bits per heavy atom. The number of ether oxygens (including phenoxy) is 1. The van der Waals surface area contributed by atoms with Crippen LogP contribution in [-0.4, -0.2) is 36.6 Å². The summed E-state index contributed by atoms with van der Waals surface area (Å²) in [6, 6.07) is 3.82. The lowest BCUT2D eigenvalue weighted by Gasteiger charge is -2.17. The van der Waals surface area contributed by atoms with Crippen LogP contribution in [0.1, 0.15) is 41.9 Å². The molecule has 1 aromatic carbocycles. The Labute approximate surface area is 188 Å². The lowest BCUT2D eigenvalue weighted by atomic mass is 10.1. The van der Waals surface area contributed by atoms with Gasteiger partial charge < -0.3 is 9.30 Å². The SMILES string of the molecule is CCn1c(SCC(=O)Nc2nnc(C)s2)nnc1C(C)Oc1cc(C)c(Cl)c(C)c1. The quantitative estimate of drug-likeness (QED) is 0.484. The highest BCUT2D eigenvalue weighted by Gasteiger charge is 2.20. The van der Waals surface area contributed by atoms with Crippen LogP contribution in [-0.2, 0) is 11.3 Å². The highest BCUT2D eigenvalue weighted by molar-refractivity contribution is 7.99. The van der Waals surface area contributed by atoms with Gasteiger partial charge in [0.15, 0.2) is 17.1 Å². The number of carbonyl (C=O) groups is 1. The van der Waals surface area contributed by atoms with Crippen molar-refractivity contribution < 1.29 is 9.53 Å². The van der Waals surface area contributed by atoms with E-state index in [0.717, 1.165) is 26.9 Å². The van der Waals surface area contributed by atoms with Gasteiger partial charge in [0.05, 0.1) is 5.75 Å². The van der Waals surface area contributed by atoms with Crippen molar-refractivity contribution in [1.29, 1.82) is 0 Å². The van der Waals surface area contributed by atoms with Crippen LogP contribution in [0.5, 0.6) is 5.75 Å². The topological polar surface area (TPSA) is 94.8 Å². The number of aryl methyl sites for hydroxylation is 3. The summed E-state index contributed by atoms with van der Waals surface area (Å²) in [4.78, 5) is 12.2. The van der Waals surface area contributed by atoms with Crippen molar-refractivity contribution in [2.75, 3.05) is 11.1 Å². The number of thioether (sulfide) groups is 1. The fraction of sp³-hybridized carbons (Fsp3) is 0.421. The molecule has 1 atom stereocenters. The number of amides is 1. The Balaban J connectivity index is 1.66. The van der Waals surface area contributed by atoms with Gasteiger partial charge in [0, 0.05) is 11.6 Å². The highest BCUT2D eigenvalue weighted by Crippen LogP contribution is 2.29. The molecule has 0 radical (unpaired) electrons. The molecular formula is C19H23ClN6O2S2. The molecule has 160 valence electrons. The van der Waals surface area contributed by atoms with Crippen LogP contribution in [0.15, 0.2) is 17.3 Å². The van der Waals surface area contributed by atoms with Crippen molar-refractivity contribution >= 4 is 45.7 Å². The maximum atomic E-state index is 12.2. The molecule has 0 fully saturated rings. The Morgan fingerprint density at radius 1 is 1.23 bits per heavy atom. The molecule has 1 unspecified atom stereocenters. The maximum Gasteiger partial charge on any atom is 0.236 e. The van der Waals surface area contributed by atoms with Crippen molar-refractivity contribution in [1.82, 2.24) is 25.0 Å². The number of halogens is 1. The third kappa shape index (κ3) is 5.30. The molecule has 0 saturated heterocycles. The molecule has 0 bridgehead atoms. The van der Waals surface area contributed by atoms with Gasteiger partial charge in [-0.2, -0.15) is 0 Å². The second kappa shape index (κ2) is 9.76. The van der Waals surface area contributed by atoms with Gasteiger partial charge in [0.1, 0.15) is 10.8 Å². The van der Waals surface area contributed by atoms with Gasteiger partial charge in [-0.3, -0.25) is 10.1 Å².